The van der Waals surface area contributed by atoms with Gasteiger partial charge in [-0.3, -0.25) is 4.79 Å². The highest BCUT2D eigenvalue weighted by Crippen LogP contribution is 2.62. The van der Waals surface area contributed by atoms with Gasteiger partial charge in [-0.25, -0.2) is 0 Å². The lowest BCUT2D eigenvalue weighted by molar-refractivity contribution is -0.117. The van der Waals surface area contributed by atoms with Crippen molar-refractivity contribution in [1.29, 1.82) is 0 Å². The molecular weight excluding hydrogens is 256 g/mol. The fraction of sp³-hybridized carbons (Fsp3) is 0.850. The maximum absolute atomic E-state index is 12.0. The first-order valence-electron chi connectivity index (χ1n) is 9.35. The number of rotatable bonds is 1. The first-order valence-corrected chi connectivity index (χ1v) is 9.35. The van der Waals surface area contributed by atoms with E-state index in [4.69, 9.17) is 0 Å². The smallest absolute Gasteiger partial charge is 0.155 e. The van der Waals surface area contributed by atoms with Gasteiger partial charge >= 0.3 is 0 Å². The van der Waals surface area contributed by atoms with E-state index in [1.54, 1.807) is 5.57 Å². The zero-order valence-corrected chi connectivity index (χ0v) is 13.7. The molecule has 0 N–H and O–H groups in total. The summed E-state index contributed by atoms with van der Waals surface area (Å²) < 4.78 is 0. The summed E-state index contributed by atoms with van der Waals surface area (Å²) in [6.45, 7) is 4.88. The maximum Gasteiger partial charge on any atom is 0.155 e. The zero-order valence-electron chi connectivity index (χ0n) is 13.7. The third-order valence-electron chi connectivity index (χ3n) is 7.77. The highest BCUT2D eigenvalue weighted by Gasteiger charge is 2.53. The van der Waals surface area contributed by atoms with Gasteiger partial charge in [-0.1, -0.05) is 32.3 Å². The van der Waals surface area contributed by atoms with Gasteiger partial charge in [-0.2, -0.15) is 0 Å². The largest absolute Gasteiger partial charge is 0.295 e. The average molecular weight is 286 g/mol. The van der Waals surface area contributed by atoms with Crippen LogP contribution in [0.2, 0.25) is 0 Å². The molecule has 4 rings (SSSR count). The van der Waals surface area contributed by atoms with Crippen molar-refractivity contribution in [2.75, 3.05) is 0 Å². The number of allylic oxidation sites excluding steroid dienone is 1. The minimum Gasteiger partial charge on any atom is -0.295 e. The molecule has 0 amide bonds. The predicted molar refractivity (Wildman–Crippen MR) is 85.9 cm³/mol. The molecule has 21 heavy (non-hydrogen) atoms. The molecule has 0 saturated heterocycles. The Kier molecular flexibility index (Phi) is 3.32. The van der Waals surface area contributed by atoms with Crippen molar-refractivity contribution in [3.05, 3.63) is 11.6 Å². The Bertz CT molecular complexity index is 476. The molecule has 0 heterocycles. The first-order chi connectivity index (χ1) is 10.1. The van der Waals surface area contributed by atoms with E-state index in [0.29, 0.717) is 17.1 Å². The number of hydrogen-bond donors (Lipinski definition) is 0. The third-order valence-corrected chi connectivity index (χ3v) is 7.77. The van der Waals surface area contributed by atoms with E-state index >= 15 is 0 Å². The van der Waals surface area contributed by atoms with Crippen molar-refractivity contribution in [3.63, 3.8) is 0 Å². The Labute approximate surface area is 129 Å². The monoisotopic (exact) mass is 286 g/mol. The van der Waals surface area contributed by atoms with E-state index in [0.717, 1.165) is 30.1 Å². The van der Waals surface area contributed by atoms with Gasteiger partial charge in [0.2, 0.25) is 0 Å². The van der Waals surface area contributed by atoms with Gasteiger partial charge in [-0.05, 0) is 79.6 Å². The first kappa shape index (κ1) is 14.0. The molecule has 3 fully saturated rings. The highest BCUT2D eigenvalue weighted by atomic mass is 16.1. The summed E-state index contributed by atoms with van der Waals surface area (Å²) in [6, 6.07) is 0. The Morgan fingerprint density at radius 3 is 2.86 bits per heavy atom. The van der Waals surface area contributed by atoms with Gasteiger partial charge in [0.25, 0.3) is 0 Å². The van der Waals surface area contributed by atoms with Crippen molar-refractivity contribution < 1.29 is 4.79 Å². The molecule has 1 heteroatoms. The molecule has 1 nitrogen and oxygen atoms in total. The van der Waals surface area contributed by atoms with Crippen LogP contribution in [0.15, 0.2) is 11.6 Å². The molecule has 0 aliphatic heterocycles. The molecule has 0 aromatic carbocycles. The van der Waals surface area contributed by atoms with Crippen LogP contribution in [-0.2, 0) is 4.79 Å². The summed E-state index contributed by atoms with van der Waals surface area (Å²) in [5.41, 5.74) is 2.20. The highest BCUT2D eigenvalue weighted by molar-refractivity contribution is 5.91. The van der Waals surface area contributed by atoms with Gasteiger partial charge in [0.15, 0.2) is 5.78 Å². The summed E-state index contributed by atoms with van der Waals surface area (Å²) >= 11 is 0. The number of ketones is 1. The lowest BCUT2D eigenvalue weighted by Crippen LogP contribution is -2.46. The van der Waals surface area contributed by atoms with Crippen LogP contribution >= 0.6 is 0 Å². The lowest BCUT2D eigenvalue weighted by Gasteiger charge is -2.54. The summed E-state index contributed by atoms with van der Waals surface area (Å²) in [6.07, 6.45) is 14.0. The van der Waals surface area contributed by atoms with Crippen molar-refractivity contribution in [2.24, 2.45) is 35.0 Å². The van der Waals surface area contributed by atoms with E-state index < -0.39 is 0 Å². The van der Waals surface area contributed by atoms with Crippen LogP contribution in [0, 0.1) is 35.0 Å². The van der Waals surface area contributed by atoms with Crippen LogP contribution < -0.4 is 0 Å². The molecule has 6 atom stereocenters. The van der Waals surface area contributed by atoms with Crippen molar-refractivity contribution in [3.8, 4) is 0 Å². The van der Waals surface area contributed by atoms with Gasteiger partial charge in [0.05, 0.1) is 0 Å². The second kappa shape index (κ2) is 4.96. The lowest BCUT2D eigenvalue weighted by atomic mass is 9.51. The molecule has 0 aromatic rings. The second-order valence-electron chi connectivity index (χ2n) is 8.64. The predicted octanol–water partition coefficient (Wildman–Crippen LogP) is 5.15. The standard InChI is InChI=1S/C20H30O/c1-3-13-11-15(21)12-14-6-7-16-17(19(13)14)8-10-20(2)9-4-5-18(16)20/h12-13,16-19H,3-11H2,1-2H3/t13?,16-,17+,18+,19+,20+/m1/s1. The zero-order chi connectivity index (χ0) is 14.6. The van der Waals surface area contributed by atoms with Gasteiger partial charge < -0.3 is 0 Å². The summed E-state index contributed by atoms with van der Waals surface area (Å²) in [4.78, 5) is 12.0. The third kappa shape index (κ3) is 2.06. The van der Waals surface area contributed by atoms with Crippen LogP contribution in [0.25, 0.3) is 0 Å². The molecule has 3 saturated carbocycles. The number of fused-ring (bicyclic) bond motifs is 5. The quantitative estimate of drug-likeness (QED) is 0.651. The summed E-state index contributed by atoms with van der Waals surface area (Å²) in [5.74, 6) is 4.68. The molecule has 0 spiro atoms. The van der Waals surface area contributed by atoms with Crippen LogP contribution in [0.4, 0.5) is 0 Å². The van der Waals surface area contributed by atoms with E-state index in [1.165, 1.54) is 51.4 Å². The summed E-state index contributed by atoms with van der Waals surface area (Å²) in [7, 11) is 0. The van der Waals surface area contributed by atoms with Crippen LogP contribution in [0.1, 0.15) is 71.6 Å². The molecule has 0 aromatic heterocycles. The number of carbonyl (C=O) groups excluding carboxylic acids is 1. The van der Waals surface area contributed by atoms with E-state index in [1.807, 2.05) is 0 Å². The number of carbonyl (C=O) groups is 1. The molecular formula is C20H30O. The van der Waals surface area contributed by atoms with Crippen molar-refractivity contribution in [2.45, 2.75) is 71.6 Å². The summed E-state index contributed by atoms with van der Waals surface area (Å²) in [5, 5.41) is 0. The van der Waals surface area contributed by atoms with Crippen LogP contribution in [0.5, 0.6) is 0 Å². The minimum atomic E-state index is 0.410. The van der Waals surface area contributed by atoms with Crippen LogP contribution in [0.3, 0.4) is 0 Å². The molecule has 4 aliphatic rings. The fourth-order valence-electron chi connectivity index (χ4n) is 6.82. The van der Waals surface area contributed by atoms with E-state index in [2.05, 4.69) is 19.9 Å². The van der Waals surface area contributed by atoms with Crippen molar-refractivity contribution in [1.82, 2.24) is 0 Å². The molecule has 0 bridgehead atoms. The Morgan fingerprint density at radius 1 is 1.19 bits per heavy atom. The van der Waals surface area contributed by atoms with Gasteiger partial charge in [0, 0.05) is 6.42 Å². The molecule has 0 radical (unpaired) electrons. The normalized spacial score (nSPS) is 49.1. The van der Waals surface area contributed by atoms with Gasteiger partial charge in [-0.15, -0.1) is 0 Å². The van der Waals surface area contributed by atoms with Crippen LogP contribution in [-0.4, -0.2) is 5.78 Å². The van der Waals surface area contributed by atoms with Gasteiger partial charge in [0.1, 0.15) is 0 Å². The number of hydrogen-bond acceptors (Lipinski definition) is 1. The SMILES string of the molecule is CCC1CC(=O)C=C2CC[C@@H]3[C@H](CC[C@]4(C)CCC[C@@H]34)[C@H]21. The van der Waals surface area contributed by atoms with E-state index in [-0.39, 0.29) is 0 Å². The molecule has 4 aliphatic carbocycles. The molecule has 116 valence electrons. The maximum atomic E-state index is 12.0. The topological polar surface area (TPSA) is 17.1 Å². The van der Waals surface area contributed by atoms with E-state index in [9.17, 15) is 4.79 Å². The minimum absolute atomic E-state index is 0.410. The fourth-order valence-corrected chi connectivity index (χ4v) is 6.82. The second-order valence-corrected chi connectivity index (χ2v) is 8.64. The Hall–Kier alpha value is -0.590. The molecule has 1 unspecified atom stereocenters. The average Bonchev–Trinajstić information content (AvgIpc) is 2.87. The Balaban J connectivity index is 1.66. The van der Waals surface area contributed by atoms with Crippen molar-refractivity contribution >= 4 is 5.78 Å². The Morgan fingerprint density at radius 2 is 2.05 bits per heavy atom.